The maximum atomic E-state index is 5.65. The third-order valence-corrected chi connectivity index (χ3v) is 2.41. The van der Waals surface area contributed by atoms with E-state index >= 15 is 0 Å². The molecular weight excluding hydrogens is 228 g/mol. The molecule has 0 aliphatic rings. The van der Waals surface area contributed by atoms with Crippen LogP contribution < -0.4 is 10.1 Å². The molecule has 0 bridgehead atoms. The number of aryl methyl sites for hydroxylation is 1. The van der Waals surface area contributed by atoms with E-state index in [9.17, 15) is 0 Å². The van der Waals surface area contributed by atoms with Gasteiger partial charge in [-0.05, 0) is 20.5 Å². The largest absolute Gasteiger partial charge is 0.476 e. The number of hydrogen-bond donors (Lipinski definition) is 1. The van der Waals surface area contributed by atoms with Gasteiger partial charge in [-0.3, -0.25) is 0 Å². The third kappa shape index (κ3) is 5.31. The predicted molar refractivity (Wildman–Crippen MR) is 74.2 cm³/mol. The fraction of sp³-hybridized carbons (Fsp3) is 0.692. The van der Waals surface area contributed by atoms with Crippen LogP contribution in [0.25, 0.3) is 0 Å². The maximum absolute atomic E-state index is 5.65. The van der Waals surface area contributed by atoms with Crippen molar-refractivity contribution in [2.24, 2.45) is 0 Å². The van der Waals surface area contributed by atoms with Gasteiger partial charge in [0.15, 0.2) is 0 Å². The number of hydrogen-bond acceptors (Lipinski definition) is 5. The molecule has 0 aliphatic carbocycles. The molecule has 5 nitrogen and oxygen atoms in total. The van der Waals surface area contributed by atoms with Crippen LogP contribution in [0.3, 0.4) is 0 Å². The number of nitrogens with one attached hydrogen (secondary N) is 1. The van der Waals surface area contributed by atoms with Crippen LogP contribution in [0.2, 0.25) is 0 Å². The van der Waals surface area contributed by atoms with Crippen molar-refractivity contribution >= 4 is 5.82 Å². The first kappa shape index (κ1) is 14.7. The van der Waals surface area contributed by atoms with Gasteiger partial charge in [0.2, 0.25) is 5.88 Å². The van der Waals surface area contributed by atoms with E-state index in [-0.39, 0.29) is 0 Å². The zero-order valence-corrected chi connectivity index (χ0v) is 11.9. The lowest BCUT2D eigenvalue weighted by Gasteiger charge is -2.12. The highest BCUT2D eigenvalue weighted by Crippen LogP contribution is 2.14. The first-order valence-electron chi connectivity index (χ1n) is 6.55. The summed E-state index contributed by atoms with van der Waals surface area (Å²) in [4.78, 5) is 10.9. The summed E-state index contributed by atoms with van der Waals surface area (Å²) in [6, 6.07) is 1.87. The van der Waals surface area contributed by atoms with Crippen LogP contribution in [-0.4, -0.2) is 48.7 Å². The molecule has 0 amide bonds. The molecule has 0 spiro atoms. The summed E-state index contributed by atoms with van der Waals surface area (Å²) in [6.07, 6.45) is 1.88. The number of likely N-dealkylation sites (N-methyl/N-ethyl adjacent to an activating group) is 1. The molecule has 18 heavy (non-hydrogen) atoms. The molecule has 0 atom stereocenters. The van der Waals surface area contributed by atoms with Crippen LogP contribution in [0.5, 0.6) is 5.88 Å². The Hall–Kier alpha value is -1.36. The van der Waals surface area contributed by atoms with Crippen molar-refractivity contribution in [3.05, 3.63) is 11.9 Å². The van der Waals surface area contributed by atoms with Crippen LogP contribution in [-0.2, 0) is 6.42 Å². The minimum atomic E-state index is 0.639. The van der Waals surface area contributed by atoms with E-state index in [1.165, 1.54) is 0 Å². The van der Waals surface area contributed by atoms with Crippen molar-refractivity contribution < 1.29 is 4.74 Å². The second-order valence-corrected chi connectivity index (χ2v) is 4.44. The fourth-order valence-corrected chi connectivity index (χ4v) is 1.38. The van der Waals surface area contributed by atoms with Crippen LogP contribution in [0.4, 0.5) is 5.82 Å². The quantitative estimate of drug-likeness (QED) is 0.764. The molecule has 0 saturated heterocycles. The predicted octanol–water partition coefficient (Wildman–Crippen LogP) is 1.80. The Morgan fingerprint density at radius 1 is 1.28 bits per heavy atom. The molecule has 0 unspecified atom stereocenters. The van der Waals surface area contributed by atoms with Gasteiger partial charge in [0.05, 0.1) is 0 Å². The summed E-state index contributed by atoms with van der Waals surface area (Å²) in [5, 5.41) is 3.27. The van der Waals surface area contributed by atoms with E-state index in [4.69, 9.17) is 4.74 Å². The molecule has 1 aromatic rings. The molecule has 1 rings (SSSR count). The third-order valence-electron chi connectivity index (χ3n) is 2.41. The summed E-state index contributed by atoms with van der Waals surface area (Å²) in [7, 11) is 4.05. The van der Waals surface area contributed by atoms with Crippen molar-refractivity contribution in [2.45, 2.75) is 26.7 Å². The molecule has 5 heteroatoms. The fourth-order valence-electron chi connectivity index (χ4n) is 1.38. The Labute approximate surface area is 110 Å². The lowest BCUT2D eigenvalue weighted by atomic mass is 10.4. The molecule has 1 aromatic heterocycles. The zero-order chi connectivity index (χ0) is 13.4. The number of anilines is 1. The molecule has 1 heterocycles. The highest BCUT2D eigenvalue weighted by molar-refractivity contribution is 5.38. The number of aromatic nitrogens is 2. The standard InChI is InChI=1S/C13H24N4O/c1-5-7-14-12-10-13(16-11(6-2)15-12)18-9-8-17(3)4/h10H,5-9H2,1-4H3,(H,14,15,16). The molecule has 102 valence electrons. The summed E-state index contributed by atoms with van der Waals surface area (Å²) < 4.78 is 5.65. The number of ether oxygens (including phenoxy) is 1. The van der Waals surface area contributed by atoms with E-state index < -0.39 is 0 Å². The Morgan fingerprint density at radius 2 is 2.06 bits per heavy atom. The Balaban J connectivity index is 2.64. The van der Waals surface area contributed by atoms with E-state index in [2.05, 4.69) is 27.1 Å². The lowest BCUT2D eigenvalue weighted by molar-refractivity contribution is 0.253. The summed E-state index contributed by atoms with van der Waals surface area (Å²) >= 11 is 0. The summed E-state index contributed by atoms with van der Waals surface area (Å²) in [6.45, 7) is 6.60. The van der Waals surface area contributed by atoms with Crippen molar-refractivity contribution in [3.8, 4) is 5.88 Å². The van der Waals surface area contributed by atoms with Gasteiger partial charge >= 0.3 is 0 Å². The highest BCUT2D eigenvalue weighted by atomic mass is 16.5. The van der Waals surface area contributed by atoms with Gasteiger partial charge in [0, 0.05) is 25.6 Å². The van der Waals surface area contributed by atoms with Crippen molar-refractivity contribution in [1.82, 2.24) is 14.9 Å². The molecule has 0 aromatic carbocycles. The number of rotatable bonds is 8. The first-order chi connectivity index (χ1) is 8.65. The monoisotopic (exact) mass is 252 g/mol. The Bertz CT molecular complexity index is 355. The molecule has 0 fully saturated rings. The van der Waals surface area contributed by atoms with Crippen LogP contribution >= 0.6 is 0 Å². The van der Waals surface area contributed by atoms with Crippen LogP contribution in [0.1, 0.15) is 26.1 Å². The molecular formula is C13H24N4O. The highest BCUT2D eigenvalue weighted by Gasteiger charge is 2.04. The maximum Gasteiger partial charge on any atom is 0.218 e. The molecule has 0 radical (unpaired) electrons. The normalized spacial score (nSPS) is 10.7. The Kier molecular flexibility index (Phi) is 6.43. The second-order valence-electron chi connectivity index (χ2n) is 4.44. The van der Waals surface area contributed by atoms with Gasteiger partial charge < -0.3 is 15.0 Å². The van der Waals surface area contributed by atoms with Gasteiger partial charge in [-0.25, -0.2) is 4.98 Å². The minimum Gasteiger partial charge on any atom is -0.476 e. The van der Waals surface area contributed by atoms with Crippen molar-refractivity contribution in [1.29, 1.82) is 0 Å². The van der Waals surface area contributed by atoms with Crippen LogP contribution in [0.15, 0.2) is 6.07 Å². The molecule has 1 N–H and O–H groups in total. The average molecular weight is 252 g/mol. The van der Waals surface area contributed by atoms with E-state index in [1.54, 1.807) is 0 Å². The van der Waals surface area contributed by atoms with Gasteiger partial charge in [-0.1, -0.05) is 13.8 Å². The molecule has 0 aliphatic heterocycles. The van der Waals surface area contributed by atoms with E-state index in [0.717, 1.165) is 37.6 Å². The van der Waals surface area contributed by atoms with E-state index in [0.29, 0.717) is 12.5 Å². The van der Waals surface area contributed by atoms with Crippen LogP contribution in [0, 0.1) is 0 Å². The average Bonchev–Trinajstić information content (AvgIpc) is 2.35. The smallest absolute Gasteiger partial charge is 0.218 e. The van der Waals surface area contributed by atoms with Crippen molar-refractivity contribution in [2.75, 3.05) is 39.1 Å². The van der Waals surface area contributed by atoms with Gasteiger partial charge in [-0.2, -0.15) is 4.98 Å². The van der Waals surface area contributed by atoms with E-state index in [1.807, 2.05) is 27.1 Å². The van der Waals surface area contributed by atoms with Gasteiger partial charge in [-0.15, -0.1) is 0 Å². The second kappa shape index (κ2) is 7.87. The van der Waals surface area contributed by atoms with Gasteiger partial charge in [0.25, 0.3) is 0 Å². The Morgan fingerprint density at radius 3 is 2.67 bits per heavy atom. The summed E-state index contributed by atoms with van der Waals surface area (Å²) in [5.74, 6) is 2.32. The van der Waals surface area contributed by atoms with Crippen molar-refractivity contribution in [3.63, 3.8) is 0 Å². The summed E-state index contributed by atoms with van der Waals surface area (Å²) in [5.41, 5.74) is 0. The van der Waals surface area contributed by atoms with Gasteiger partial charge in [0.1, 0.15) is 18.2 Å². The first-order valence-corrected chi connectivity index (χ1v) is 6.55. The lowest BCUT2D eigenvalue weighted by Crippen LogP contribution is -2.20. The number of nitrogens with zero attached hydrogens (tertiary/aromatic N) is 3. The topological polar surface area (TPSA) is 50.3 Å². The molecule has 0 saturated carbocycles. The SMILES string of the molecule is CCCNc1cc(OCCN(C)C)nc(CC)n1. The zero-order valence-electron chi connectivity index (χ0n) is 11.9. The minimum absolute atomic E-state index is 0.639.